The Bertz CT molecular complexity index is 546. The molecule has 2 aromatic carbocycles. The standard InChI is InChI=1S/C17H19NS/c1-13-7-10-17(19-16-5-3-2-4-6-16)14(11-13)12-18-15-8-9-15/h2-7,10-11,15,18H,8-9,12H2,1H3. The van der Waals surface area contributed by atoms with Crippen LogP contribution in [-0.4, -0.2) is 6.04 Å². The molecule has 0 amide bonds. The maximum absolute atomic E-state index is 3.61. The monoisotopic (exact) mass is 269 g/mol. The van der Waals surface area contributed by atoms with Crippen molar-refractivity contribution in [2.45, 2.75) is 42.1 Å². The van der Waals surface area contributed by atoms with Gasteiger partial charge in [0.25, 0.3) is 0 Å². The minimum atomic E-state index is 0.759. The molecule has 2 heteroatoms. The number of hydrogen-bond acceptors (Lipinski definition) is 2. The van der Waals surface area contributed by atoms with Crippen LogP contribution in [0.15, 0.2) is 58.3 Å². The minimum Gasteiger partial charge on any atom is -0.310 e. The predicted molar refractivity (Wildman–Crippen MR) is 81.6 cm³/mol. The molecule has 0 atom stereocenters. The van der Waals surface area contributed by atoms with E-state index in [1.165, 1.54) is 33.8 Å². The van der Waals surface area contributed by atoms with E-state index in [-0.39, 0.29) is 0 Å². The molecule has 2 aromatic rings. The van der Waals surface area contributed by atoms with E-state index in [0.29, 0.717) is 0 Å². The van der Waals surface area contributed by atoms with Crippen molar-refractivity contribution in [2.24, 2.45) is 0 Å². The number of nitrogens with one attached hydrogen (secondary N) is 1. The third-order valence-corrected chi connectivity index (χ3v) is 4.47. The molecule has 1 aliphatic carbocycles. The summed E-state index contributed by atoms with van der Waals surface area (Å²) >= 11 is 1.85. The van der Waals surface area contributed by atoms with E-state index in [1.807, 2.05) is 11.8 Å². The summed E-state index contributed by atoms with van der Waals surface area (Å²) in [5.41, 5.74) is 2.76. The average Bonchev–Trinajstić information content (AvgIpc) is 3.24. The summed E-state index contributed by atoms with van der Waals surface area (Å²) in [4.78, 5) is 2.67. The fourth-order valence-electron chi connectivity index (χ4n) is 2.10. The molecule has 98 valence electrons. The first-order chi connectivity index (χ1) is 9.31. The summed E-state index contributed by atoms with van der Waals surface area (Å²) in [6.45, 7) is 3.15. The number of rotatable bonds is 5. The Morgan fingerprint density at radius 2 is 1.89 bits per heavy atom. The topological polar surface area (TPSA) is 12.0 Å². The van der Waals surface area contributed by atoms with E-state index in [0.717, 1.165) is 12.6 Å². The van der Waals surface area contributed by atoms with Crippen LogP contribution in [0, 0.1) is 6.92 Å². The molecule has 0 unspecified atom stereocenters. The van der Waals surface area contributed by atoms with Crippen molar-refractivity contribution in [3.05, 3.63) is 59.7 Å². The molecule has 1 N–H and O–H groups in total. The van der Waals surface area contributed by atoms with Crippen LogP contribution in [0.1, 0.15) is 24.0 Å². The van der Waals surface area contributed by atoms with Gasteiger partial charge in [-0.3, -0.25) is 0 Å². The molecule has 1 nitrogen and oxygen atoms in total. The number of hydrogen-bond donors (Lipinski definition) is 1. The van der Waals surface area contributed by atoms with Crippen molar-refractivity contribution in [1.29, 1.82) is 0 Å². The third kappa shape index (κ3) is 3.62. The van der Waals surface area contributed by atoms with Crippen molar-refractivity contribution < 1.29 is 0 Å². The van der Waals surface area contributed by atoms with E-state index in [1.54, 1.807) is 0 Å². The van der Waals surface area contributed by atoms with Gasteiger partial charge in [-0.2, -0.15) is 0 Å². The molecule has 1 saturated carbocycles. The van der Waals surface area contributed by atoms with Crippen molar-refractivity contribution in [3.8, 4) is 0 Å². The average molecular weight is 269 g/mol. The minimum absolute atomic E-state index is 0.759. The quantitative estimate of drug-likeness (QED) is 0.863. The van der Waals surface area contributed by atoms with Crippen LogP contribution in [0.5, 0.6) is 0 Å². The lowest BCUT2D eigenvalue weighted by Crippen LogP contribution is -2.15. The molecule has 0 spiro atoms. The first-order valence-electron chi connectivity index (χ1n) is 6.87. The molecule has 1 aliphatic rings. The Balaban J connectivity index is 1.78. The second kappa shape index (κ2) is 5.81. The highest BCUT2D eigenvalue weighted by Gasteiger charge is 2.20. The third-order valence-electron chi connectivity index (χ3n) is 3.35. The fraction of sp³-hybridized carbons (Fsp3) is 0.294. The van der Waals surface area contributed by atoms with Crippen LogP contribution in [-0.2, 0) is 6.54 Å². The first-order valence-corrected chi connectivity index (χ1v) is 7.69. The van der Waals surface area contributed by atoms with Gasteiger partial charge < -0.3 is 5.32 Å². The molecule has 0 saturated heterocycles. The van der Waals surface area contributed by atoms with Gasteiger partial charge in [0.15, 0.2) is 0 Å². The van der Waals surface area contributed by atoms with E-state index >= 15 is 0 Å². The summed E-state index contributed by atoms with van der Waals surface area (Å²) in [7, 11) is 0. The highest BCUT2D eigenvalue weighted by Crippen LogP contribution is 2.31. The fourth-order valence-corrected chi connectivity index (χ4v) is 3.05. The van der Waals surface area contributed by atoms with Gasteiger partial charge in [-0.05, 0) is 43.5 Å². The molecule has 0 heterocycles. The van der Waals surface area contributed by atoms with Crippen molar-refractivity contribution >= 4 is 11.8 Å². The summed E-state index contributed by atoms with van der Waals surface area (Å²) < 4.78 is 0. The molecule has 0 aromatic heterocycles. The van der Waals surface area contributed by atoms with Crippen LogP contribution >= 0.6 is 11.8 Å². The van der Waals surface area contributed by atoms with Gasteiger partial charge in [0.2, 0.25) is 0 Å². The smallest absolute Gasteiger partial charge is 0.0219 e. The van der Waals surface area contributed by atoms with Crippen molar-refractivity contribution in [2.75, 3.05) is 0 Å². The zero-order valence-corrected chi connectivity index (χ0v) is 12.0. The van der Waals surface area contributed by atoms with Gasteiger partial charge in [-0.1, -0.05) is 47.7 Å². The van der Waals surface area contributed by atoms with E-state index in [9.17, 15) is 0 Å². The van der Waals surface area contributed by atoms with Crippen LogP contribution < -0.4 is 5.32 Å². The van der Waals surface area contributed by atoms with Crippen LogP contribution in [0.25, 0.3) is 0 Å². The number of aryl methyl sites for hydroxylation is 1. The van der Waals surface area contributed by atoms with Crippen LogP contribution in [0.2, 0.25) is 0 Å². The van der Waals surface area contributed by atoms with Crippen LogP contribution in [0.3, 0.4) is 0 Å². The zero-order chi connectivity index (χ0) is 13.1. The Morgan fingerprint density at radius 3 is 2.63 bits per heavy atom. The molecule has 19 heavy (non-hydrogen) atoms. The highest BCUT2D eigenvalue weighted by atomic mass is 32.2. The van der Waals surface area contributed by atoms with E-state index in [4.69, 9.17) is 0 Å². The first kappa shape index (κ1) is 12.8. The SMILES string of the molecule is Cc1ccc(Sc2ccccc2)c(CNC2CC2)c1. The molecule has 1 fully saturated rings. The summed E-state index contributed by atoms with van der Waals surface area (Å²) in [5, 5.41) is 3.61. The zero-order valence-electron chi connectivity index (χ0n) is 11.2. The molecule has 3 rings (SSSR count). The molecular formula is C17H19NS. The lowest BCUT2D eigenvalue weighted by molar-refractivity contribution is 0.680. The van der Waals surface area contributed by atoms with Gasteiger partial charge in [-0.15, -0.1) is 0 Å². The Kier molecular flexibility index (Phi) is 3.90. The maximum Gasteiger partial charge on any atom is 0.0219 e. The van der Waals surface area contributed by atoms with Gasteiger partial charge in [0, 0.05) is 22.4 Å². The Labute approximate surface area is 119 Å². The maximum atomic E-state index is 3.61. The summed E-state index contributed by atoms with van der Waals surface area (Å²) in [6.07, 6.45) is 2.68. The lowest BCUT2D eigenvalue weighted by Gasteiger charge is -2.11. The Morgan fingerprint density at radius 1 is 1.11 bits per heavy atom. The van der Waals surface area contributed by atoms with Crippen molar-refractivity contribution in [3.63, 3.8) is 0 Å². The summed E-state index contributed by atoms with van der Waals surface area (Å²) in [6, 6.07) is 18.1. The second-order valence-electron chi connectivity index (χ2n) is 5.18. The summed E-state index contributed by atoms with van der Waals surface area (Å²) in [5.74, 6) is 0. The van der Waals surface area contributed by atoms with E-state index < -0.39 is 0 Å². The van der Waals surface area contributed by atoms with Crippen LogP contribution in [0.4, 0.5) is 0 Å². The van der Waals surface area contributed by atoms with Gasteiger partial charge >= 0.3 is 0 Å². The second-order valence-corrected chi connectivity index (χ2v) is 6.30. The number of benzene rings is 2. The largest absolute Gasteiger partial charge is 0.310 e. The van der Waals surface area contributed by atoms with Gasteiger partial charge in [0.1, 0.15) is 0 Å². The van der Waals surface area contributed by atoms with Gasteiger partial charge in [0.05, 0.1) is 0 Å². The lowest BCUT2D eigenvalue weighted by atomic mass is 10.1. The van der Waals surface area contributed by atoms with Crippen molar-refractivity contribution in [1.82, 2.24) is 5.32 Å². The Hall–Kier alpha value is -1.25. The van der Waals surface area contributed by atoms with E-state index in [2.05, 4.69) is 60.8 Å². The molecule has 0 radical (unpaired) electrons. The normalized spacial score (nSPS) is 14.6. The molecule has 0 aliphatic heterocycles. The molecule has 0 bridgehead atoms. The molecular weight excluding hydrogens is 250 g/mol. The van der Waals surface area contributed by atoms with Gasteiger partial charge in [-0.25, -0.2) is 0 Å². The predicted octanol–water partition coefficient (Wildman–Crippen LogP) is 4.40. The highest BCUT2D eigenvalue weighted by molar-refractivity contribution is 7.99.